The van der Waals surface area contributed by atoms with Crippen molar-refractivity contribution in [3.05, 3.63) is 50.7 Å². The summed E-state index contributed by atoms with van der Waals surface area (Å²) in [7, 11) is 0. The number of carboxylic acid groups (broad SMARTS) is 1. The number of nitrogens with one attached hydrogen (secondary N) is 1. The summed E-state index contributed by atoms with van der Waals surface area (Å²) in [5.41, 5.74) is 1.86. The lowest BCUT2D eigenvalue weighted by molar-refractivity contribution is -0.116. The van der Waals surface area contributed by atoms with Crippen molar-refractivity contribution in [2.45, 2.75) is 33.6 Å². The molecule has 0 aliphatic heterocycles. The number of Topliss-reactive ketones (excluding diaryl/α,β-unsaturated/α-hetero) is 1. The van der Waals surface area contributed by atoms with Gasteiger partial charge in [0, 0.05) is 33.8 Å². The van der Waals surface area contributed by atoms with Crippen molar-refractivity contribution in [3.63, 3.8) is 0 Å². The summed E-state index contributed by atoms with van der Waals surface area (Å²) in [4.78, 5) is 37.3. The number of rotatable bonds is 6. The molecule has 6 heteroatoms. The molecule has 24 heavy (non-hydrogen) atoms. The van der Waals surface area contributed by atoms with Crippen molar-refractivity contribution in [2.24, 2.45) is 0 Å². The van der Waals surface area contributed by atoms with Crippen molar-refractivity contribution in [1.29, 1.82) is 0 Å². The molecule has 0 spiro atoms. The molecule has 0 unspecified atom stereocenters. The highest BCUT2D eigenvalue weighted by atomic mass is 32.1. The van der Waals surface area contributed by atoms with Gasteiger partial charge in [-0.1, -0.05) is 6.07 Å². The first kappa shape index (κ1) is 17.9. The zero-order valence-electron chi connectivity index (χ0n) is 13.8. The molecule has 5 nitrogen and oxygen atoms in total. The topological polar surface area (TPSA) is 83.5 Å². The minimum atomic E-state index is -1.04. The molecule has 1 aromatic heterocycles. The van der Waals surface area contributed by atoms with E-state index in [1.54, 1.807) is 30.4 Å². The SMILES string of the molecule is Cc1cc(C(=O)CCC(=O)Nc2ccc(C)c(C(=O)O)c2)c(C)s1. The summed E-state index contributed by atoms with van der Waals surface area (Å²) in [5, 5.41) is 11.7. The quantitative estimate of drug-likeness (QED) is 0.776. The summed E-state index contributed by atoms with van der Waals surface area (Å²) >= 11 is 1.56. The van der Waals surface area contributed by atoms with E-state index in [0.29, 0.717) is 16.8 Å². The Hall–Kier alpha value is -2.47. The molecule has 2 aromatic rings. The predicted octanol–water partition coefficient (Wildman–Crippen LogP) is 3.97. The summed E-state index contributed by atoms with van der Waals surface area (Å²) in [6, 6.07) is 6.55. The summed E-state index contributed by atoms with van der Waals surface area (Å²) in [6.07, 6.45) is 0.184. The lowest BCUT2D eigenvalue weighted by Crippen LogP contribution is -2.14. The van der Waals surface area contributed by atoms with Crippen LogP contribution in [0.4, 0.5) is 5.69 Å². The number of hydrogen-bond acceptors (Lipinski definition) is 4. The van der Waals surface area contributed by atoms with Gasteiger partial charge < -0.3 is 10.4 Å². The number of aromatic carboxylic acids is 1. The molecule has 2 N–H and O–H groups in total. The predicted molar refractivity (Wildman–Crippen MR) is 94.1 cm³/mol. The van der Waals surface area contributed by atoms with Crippen LogP contribution >= 0.6 is 11.3 Å². The van der Waals surface area contributed by atoms with Crippen molar-refractivity contribution < 1.29 is 19.5 Å². The maximum atomic E-state index is 12.2. The number of benzene rings is 1. The van der Waals surface area contributed by atoms with Crippen LogP contribution in [0.1, 0.15) is 48.9 Å². The van der Waals surface area contributed by atoms with Gasteiger partial charge in [0.1, 0.15) is 0 Å². The van der Waals surface area contributed by atoms with E-state index in [2.05, 4.69) is 5.32 Å². The van der Waals surface area contributed by atoms with E-state index >= 15 is 0 Å². The Balaban J connectivity index is 1.96. The van der Waals surface area contributed by atoms with Crippen LogP contribution in [0, 0.1) is 20.8 Å². The number of hydrogen-bond donors (Lipinski definition) is 2. The van der Waals surface area contributed by atoms with Crippen LogP contribution in [0.25, 0.3) is 0 Å². The van der Waals surface area contributed by atoms with E-state index in [1.165, 1.54) is 6.07 Å². The zero-order valence-corrected chi connectivity index (χ0v) is 14.6. The Morgan fingerprint density at radius 2 is 1.75 bits per heavy atom. The van der Waals surface area contributed by atoms with Crippen LogP contribution in [0.15, 0.2) is 24.3 Å². The Morgan fingerprint density at radius 1 is 1.04 bits per heavy atom. The van der Waals surface area contributed by atoms with Crippen LogP contribution in [0.3, 0.4) is 0 Å². The minimum Gasteiger partial charge on any atom is -0.478 e. The third kappa shape index (κ3) is 4.29. The number of carbonyl (C=O) groups excluding carboxylic acids is 2. The highest BCUT2D eigenvalue weighted by molar-refractivity contribution is 7.12. The second-order valence-electron chi connectivity index (χ2n) is 5.63. The van der Waals surface area contributed by atoms with Crippen LogP contribution < -0.4 is 5.32 Å². The number of thiophene rings is 1. The molecule has 0 saturated carbocycles. The number of amides is 1. The van der Waals surface area contributed by atoms with E-state index in [1.807, 2.05) is 19.9 Å². The number of aryl methyl sites for hydroxylation is 3. The molecule has 0 aliphatic rings. The highest BCUT2D eigenvalue weighted by Gasteiger charge is 2.14. The molecular formula is C18H19NO4S. The Bertz CT molecular complexity index is 807. The molecule has 2 rings (SSSR count). The Morgan fingerprint density at radius 3 is 2.33 bits per heavy atom. The normalized spacial score (nSPS) is 10.5. The maximum Gasteiger partial charge on any atom is 0.336 e. The number of ketones is 1. The van der Waals surface area contributed by atoms with E-state index in [9.17, 15) is 14.4 Å². The molecule has 126 valence electrons. The fourth-order valence-electron chi connectivity index (χ4n) is 2.42. The first-order valence-corrected chi connectivity index (χ1v) is 8.33. The van der Waals surface area contributed by atoms with Crippen molar-refractivity contribution in [2.75, 3.05) is 5.32 Å². The van der Waals surface area contributed by atoms with Gasteiger partial charge in [-0.3, -0.25) is 9.59 Å². The maximum absolute atomic E-state index is 12.2. The zero-order chi connectivity index (χ0) is 17.9. The third-order valence-electron chi connectivity index (χ3n) is 3.67. The van der Waals surface area contributed by atoms with Gasteiger partial charge in [0.2, 0.25) is 5.91 Å². The Kier molecular flexibility index (Phi) is 5.51. The lowest BCUT2D eigenvalue weighted by Gasteiger charge is -2.07. The molecule has 0 fully saturated rings. The summed E-state index contributed by atoms with van der Waals surface area (Å²) in [6.45, 7) is 5.53. The van der Waals surface area contributed by atoms with E-state index in [0.717, 1.165) is 9.75 Å². The van der Waals surface area contributed by atoms with Crippen molar-refractivity contribution >= 4 is 34.7 Å². The second kappa shape index (κ2) is 7.40. The van der Waals surface area contributed by atoms with Gasteiger partial charge in [0.25, 0.3) is 0 Å². The third-order valence-corrected chi connectivity index (χ3v) is 4.64. The van der Waals surface area contributed by atoms with Crippen molar-refractivity contribution in [3.8, 4) is 0 Å². The molecular weight excluding hydrogens is 326 g/mol. The molecule has 0 bridgehead atoms. The fourth-order valence-corrected chi connectivity index (χ4v) is 3.37. The van der Waals surface area contributed by atoms with Gasteiger partial charge in [0.05, 0.1) is 5.56 Å². The first-order valence-electron chi connectivity index (χ1n) is 7.52. The minimum absolute atomic E-state index is 0.0536. The molecule has 0 radical (unpaired) electrons. The highest BCUT2D eigenvalue weighted by Crippen LogP contribution is 2.22. The number of carbonyl (C=O) groups is 3. The van der Waals surface area contributed by atoms with Gasteiger partial charge in [-0.05, 0) is 44.5 Å². The molecule has 0 saturated heterocycles. The second-order valence-corrected chi connectivity index (χ2v) is 7.09. The molecule has 0 atom stereocenters. The smallest absolute Gasteiger partial charge is 0.336 e. The van der Waals surface area contributed by atoms with Crippen LogP contribution in [-0.2, 0) is 4.79 Å². The number of anilines is 1. The summed E-state index contributed by atoms with van der Waals surface area (Å²) in [5.74, 6) is -1.41. The van der Waals surface area contributed by atoms with Gasteiger partial charge >= 0.3 is 5.97 Å². The molecule has 0 aliphatic carbocycles. The van der Waals surface area contributed by atoms with Gasteiger partial charge in [-0.2, -0.15) is 0 Å². The van der Waals surface area contributed by atoms with Gasteiger partial charge in [-0.15, -0.1) is 11.3 Å². The van der Waals surface area contributed by atoms with Crippen molar-refractivity contribution in [1.82, 2.24) is 0 Å². The van der Waals surface area contributed by atoms with E-state index in [-0.39, 0.29) is 30.1 Å². The lowest BCUT2D eigenvalue weighted by atomic mass is 10.1. The average molecular weight is 345 g/mol. The Labute approximate surface area is 144 Å². The largest absolute Gasteiger partial charge is 0.478 e. The van der Waals surface area contributed by atoms with E-state index in [4.69, 9.17) is 5.11 Å². The monoisotopic (exact) mass is 345 g/mol. The van der Waals surface area contributed by atoms with Crippen LogP contribution in [-0.4, -0.2) is 22.8 Å². The standard InChI is InChI=1S/C18H19NO4S/c1-10-4-5-13(9-14(10)18(22)23)19-17(21)7-6-16(20)15-8-11(2)24-12(15)3/h4-5,8-9H,6-7H2,1-3H3,(H,19,21)(H,22,23). The van der Waals surface area contributed by atoms with Crippen LogP contribution in [0.5, 0.6) is 0 Å². The summed E-state index contributed by atoms with van der Waals surface area (Å²) < 4.78 is 0. The molecule has 1 heterocycles. The van der Waals surface area contributed by atoms with Gasteiger partial charge in [-0.25, -0.2) is 4.79 Å². The van der Waals surface area contributed by atoms with Gasteiger partial charge in [0.15, 0.2) is 5.78 Å². The average Bonchev–Trinajstić information content (AvgIpc) is 2.85. The molecule has 1 amide bonds. The van der Waals surface area contributed by atoms with Crippen LogP contribution in [0.2, 0.25) is 0 Å². The first-order chi connectivity index (χ1) is 11.3. The number of carboxylic acids is 1. The fraction of sp³-hybridized carbons (Fsp3) is 0.278. The van der Waals surface area contributed by atoms with E-state index < -0.39 is 5.97 Å². The molecule has 1 aromatic carbocycles.